The van der Waals surface area contributed by atoms with Crippen LogP contribution in [0, 0.1) is 5.41 Å². The highest BCUT2D eigenvalue weighted by Crippen LogP contribution is 2.30. The topological polar surface area (TPSA) is 49.3 Å². The van der Waals surface area contributed by atoms with Gasteiger partial charge in [-0.3, -0.25) is 5.32 Å². The number of carbonyl (C=O) groups excluding carboxylic acids is 1. The van der Waals surface area contributed by atoms with Crippen molar-refractivity contribution in [3.63, 3.8) is 0 Å². The number of carbonyl (C=O) groups is 1. The zero-order valence-electron chi connectivity index (χ0n) is 6.29. The molecule has 10 heavy (non-hydrogen) atoms. The molecule has 1 fully saturated rings. The molecule has 0 radical (unpaired) electrons. The van der Waals surface area contributed by atoms with E-state index < -0.39 is 6.23 Å². The van der Waals surface area contributed by atoms with Gasteiger partial charge in [0.1, 0.15) is 12.5 Å². The van der Waals surface area contributed by atoms with Gasteiger partial charge >= 0.3 is 0 Å². The van der Waals surface area contributed by atoms with Crippen LogP contribution in [-0.4, -0.2) is 23.7 Å². The molecule has 0 aromatic heterocycles. The van der Waals surface area contributed by atoms with E-state index in [2.05, 4.69) is 5.32 Å². The quantitative estimate of drug-likeness (QED) is 0.504. The maximum Gasteiger partial charge on any atom is 0.136 e. The zero-order chi connectivity index (χ0) is 7.78. The van der Waals surface area contributed by atoms with Crippen molar-refractivity contribution in [1.29, 1.82) is 0 Å². The Labute approximate surface area is 60.4 Å². The second-order valence-electron chi connectivity index (χ2n) is 3.50. The molecule has 0 aromatic carbocycles. The lowest BCUT2D eigenvalue weighted by atomic mass is 9.89. The lowest BCUT2D eigenvalue weighted by molar-refractivity contribution is -0.109. The van der Waals surface area contributed by atoms with Crippen molar-refractivity contribution in [2.75, 3.05) is 0 Å². The standard InChI is InChI=1S/C7H13NO2/c1-7(2)3-5(4-9)8-6(7)10/h4-6,8,10H,3H2,1-2H3. The van der Waals surface area contributed by atoms with E-state index in [0.29, 0.717) is 0 Å². The molecule has 2 atom stereocenters. The van der Waals surface area contributed by atoms with Crippen molar-refractivity contribution in [2.24, 2.45) is 5.41 Å². The summed E-state index contributed by atoms with van der Waals surface area (Å²) in [6, 6.07) is -0.162. The Bertz CT molecular complexity index is 145. The average molecular weight is 143 g/mol. The van der Waals surface area contributed by atoms with Gasteiger partial charge in [0.15, 0.2) is 0 Å². The van der Waals surface area contributed by atoms with Crippen molar-refractivity contribution < 1.29 is 9.90 Å². The van der Waals surface area contributed by atoms with Gasteiger partial charge in [0.2, 0.25) is 0 Å². The first kappa shape index (κ1) is 7.69. The van der Waals surface area contributed by atoms with Gasteiger partial charge in [-0.15, -0.1) is 0 Å². The van der Waals surface area contributed by atoms with Crippen molar-refractivity contribution in [3.05, 3.63) is 0 Å². The molecule has 3 nitrogen and oxygen atoms in total. The van der Waals surface area contributed by atoms with Crippen molar-refractivity contribution >= 4 is 6.29 Å². The van der Waals surface area contributed by atoms with E-state index >= 15 is 0 Å². The molecule has 1 saturated heterocycles. The molecule has 0 aliphatic carbocycles. The van der Waals surface area contributed by atoms with E-state index in [1.165, 1.54) is 0 Å². The van der Waals surface area contributed by atoms with Crippen LogP contribution in [0.4, 0.5) is 0 Å². The summed E-state index contributed by atoms with van der Waals surface area (Å²) in [7, 11) is 0. The Balaban J connectivity index is 2.61. The van der Waals surface area contributed by atoms with Crippen molar-refractivity contribution in [3.8, 4) is 0 Å². The summed E-state index contributed by atoms with van der Waals surface area (Å²) in [5, 5.41) is 12.1. The predicted molar refractivity (Wildman–Crippen MR) is 37.4 cm³/mol. The van der Waals surface area contributed by atoms with Gasteiger partial charge in [-0.05, 0) is 6.42 Å². The van der Waals surface area contributed by atoms with Crippen LogP contribution < -0.4 is 5.32 Å². The SMILES string of the molecule is CC1(C)CC(C=O)NC1O. The first-order chi connectivity index (χ1) is 4.56. The fraction of sp³-hybridized carbons (Fsp3) is 0.857. The van der Waals surface area contributed by atoms with Crippen LogP contribution in [-0.2, 0) is 4.79 Å². The normalized spacial score (nSPS) is 37.9. The lowest BCUT2D eigenvalue weighted by Gasteiger charge is -2.20. The van der Waals surface area contributed by atoms with E-state index in [9.17, 15) is 9.90 Å². The van der Waals surface area contributed by atoms with Gasteiger partial charge < -0.3 is 9.90 Å². The van der Waals surface area contributed by atoms with Crippen LogP contribution in [0.1, 0.15) is 20.3 Å². The highest BCUT2D eigenvalue weighted by atomic mass is 16.3. The molecule has 2 N–H and O–H groups in total. The Hall–Kier alpha value is -0.410. The van der Waals surface area contributed by atoms with Crippen LogP contribution in [0.3, 0.4) is 0 Å². The largest absolute Gasteiger partial charge is 0.378 e. The first-order valence-electron chi connectivity index (χ1n) is 3.46. The van der Waals surface area contributed by atoms with Crippen LogP contribution in [0.2, 0.25) is 0 Å². The third-order valence-corrected chi connectivity index (χ3v) is 2.02. The van der Waals surface area contributed by atoms with E-state index in [-0.39, 0.29) is 11.5 Å². The fourth-order valence-corrected chi connectivity index (χ4v) is 1.25. The van der Waals surface area contributed by atoms with Crippen molar-refractivity contribution in [1.82, 2.24) is 5.32 Å². The predicted octanol–water partition coefficient (Wildman–Crippen LogP) is -0.108. The summed E-state index contributed by atoms with van der Waals surface area (Å²) in [4.78, 5) is 10.3. The van der Waals surface area contributed by atoms with Gasteiger partial charge in [0.05, 0.1) is 6.04 Å². The number of rotatable bonds is 1. The van der Waals surface area contributed by atoms with Crippen molar-refractivity contribution in [2.45, 2.75) is 32.5 Å². The molecule has 1 rings (SSSR count). The molecule has 1 heterocycles. The second-order valence-corrected chi connectivity index (χ2v) is 3.50. The smallest absolute Gasteiger partial charge is 0.136 e. The van der Waals surface area contributed by atoms with E-state index in [0.717, 1.165) is 12.7 Å². The van der Waals surface area contributed by atoms with Gasteiger partial charge in [-0.2, -0.15) is 0 Å². The van der Waals surface area contributed by atoms with E-state index in [4.69, 9.17) is 0 Å². The van der Waals surface area contributed by atoms with E-state index in [1.807, 2.05) is 13.8 Å². The highest BCUT2D eigenvalue weighted by molar-refractivity contribution is 5.58. The Morgan fingerprint density at radius 3 is 2.50 bits per heavy atom. The second kappa shape index (κ2) is 2.32. The third-order valence-electron chi connectivity index (χ3n) is 2.02. The number of aliphatic hydroxyl groups excluding tert-OH is 1. The number of aldehydes is 1. The summed E-state index contributed by atoms with van der Waals surface area (Å²) in [6.45, 7) is 3.88. The Morgan fingerprint density at radius 1 is 1.70 bits per heavy atom. The molecule has 3 heteroatoms. The highest BCUT2D eigenvalue weighted by Gasteiger charge is 2.38. The van der Waals surface area contributed by atoms with Crippen LogP contribution in [0.15, 0.2) is 0 Å². The Kier molecular flexibility index (Phi) is 1.79. The summed E-state index contributed by atoms with van der Waals surface area (Å²) < 4.78 is 0. The van der Waals surface area contributed by atoms with Gasteiger partial charge in [-0.1, -0.05) is 13.8 Å². The van der Waals surface area contributed by atoms with Gasteiger partial charge in [0.25, 0.3) is 0 Å². The fourth-order valence-electron chi connectivity index (χ4n) is 1.25. The van der Waals surface area contributed by atoms with Gasteiger partial charge in [-0.25, -0.2) is 0 Å². The summed E-state index contributed by atoms with van der Waals surface area (Å²) in [5.41, 5.74) is -0.161. The molecule has 1 aliphatic rings. The van der Waals surface area contributed by atoms with Crippen LogP contribution in [0.5, 0.6) is 0 Å². The lowest BCUT2D eigenvalue weighted by Crippen LogP contribution is -2.34. The minimum absolute atomic E-state index is 0.161. The third kappa shape index (κ3) is 1.20. The first-order valence-corrected chi connectivity index (χ1v) is 3.46. The molecule has 58 valence electrons. The Morgan fingerprint density at radius 2 is 2.30 bits per heavy atom. The number of hydrogen-bond donors (Lipinski definition) is 2. The minimum atomic E-state index is -0.539. The van der Waals surface area contributed by atoms with E-state index in [1.54, 1.807) is 0 Å². The number of nitrogens with one attached hydrogen (secondary N) is 1. The molecule has 2 unspecified atom stereocenters. The molecule has 0 spiro atoms. The molecule has 0 amide bonds. The van der Waals surface area contributed by atoms with Crippen LogP contribution in [0.25, 0.3) is 0 Å². The number of aliphatic hydroxyl groups is 1. The maximum atomic E-state index is 10.3. The molecular weight excluding hydrogens is 130 g/mol. The average Bonchev–Trinajstić information content (AvgIpc) is 2.08. The van der Waals surface area contributed by atoms with Crippen LogP contribution >= 0.6 is 0 Å². The molecule has 0 saturated carbocycles. The summed E-state index contributed by atoms with van der Waals surface area (Å²) in [5.74, 6) is 0. The molecular formula is C7H13NO2. The molecule has 1 aliphatic heterocycles. The monoisotopic (exact) mass is 143 g/mol. The molecule has 0 aromatic rings. The zero-order valence-corrected chi connectivity index (χ0v) is 6.29. The summed E-state index contributed by atoms with van der Waals surface area (Å²) in [6.07, 6.45) is 1.03. The summed E-state index contributed by atoms with van der Waals surface area (Å²) >= 11 is 0. The molecule has 0 bridgehead atoms. The maximum absolute atomic E-state index is 10.3. The van der Waals surface area contributed by atoms with Gasteiger partial charge in [0, 0.05) is 5.41 Å². The minimum Gasteiger partial charge on any atom is -0.378 e. The number of hydrogen-bond acceptors (Lipinski definition) is 3.